The van der Waals surface area contributed by atoms with Gasteiger partial charge in [0.15, 0.2) is 6.29 Å². The van der Waals surface area contributed by atoms with Crippen LogP contribution in [0.2, 0.25) is 0 Å². The molecule has 0 radical (unpaired) electrons. The van der Waals surface area contributed by atoms with Crippen molar-refractivity contribution in [3.05, 3.63) is 50.6 Å². The molecular formula is C57H57NO4. The lowest BCUT2D eigenvalue weighted by atomic mass is 9.75. The zero-order chi connectivity index (χ0) is 45.1. The van der Waals surface area contributed by atoms with Crippen LogP contribution >= 0.6 is 0 Å². The second-order valence-corrected chi connectivity index (χ2v) is 13.8. The molecule has 7 atom stereocenters. The molecule has 0 bridgehead atoms. The van der Waals surface area contributed by atoms with Crippen molar-refractivity contribution in [2.45, 2.75) is 128 Å². The quantitative estimate of drug-likeness (QED) is 0.0631. The minimum absolute atomic E-state index is 0.00227. The largest absolute Gasteiger partial charge is 0.391 e. The normalized spacial score (nSPS) is 16.7. The maximum atomic E-state index is 12.9. The topological polar surface area (TPSA) is 67.8 Å². The molecule has 0 aromatic heterocycles. The summed E-state index contributed by atoms with van der Waals surface area (Å²) in [6.07, 6.45) is 21.3. The molecule has 1 heterocycles. The fraction of sp³-hybridized carbons (Fsp3) is 0.421. The molecule has 1 aliphatic rings. The minimum Gasteiger partial charge on any atom is -0.391 e. The first kappa shape index (κ1) is 53.0. The highest BCUT2D eigenvalue weighted by atomic mass is 16.7. The Morgan fingerprint density at radius 3 is 1.40 bits per heavy atom. The molecule has 2 N–H and O–H groups in total. The van der Waals surface area contributed by atoms with Crippen LogP contribution in [0.5, 0.6) is 0 Å². The summed E-state index contributed by atoms with van der Waals surface area (Å²) in [6.45, 7) is 19.9. The van der Waals surface area contributed by atoms with E-state index >= 15 is 0 Å². The molecule has 0 saturated carbocycles. The van der Waals surface area contributed by atoms with Crippen LogP contribution in [-0.2, 0) is 14.3 Å². The lowest BCUT2D eigenvalue weighted by Crippen LogP contribution is -2.50. The summed E-state index contributed by atoms with van der Waals surface area (Å²) in [4.78, 5) is 12.9. The number of nitrogens with one attached hydrogen (secondary N) is 1. The van der Waals surface area contributed by atoms with E-state index in [1.807, 2.05) is 12.2 Å². The maximum absolute atomic E-state index is 12.9. The van der Waals surface area contributed by atoms with Gasteiger partial charge in [0.2, 0.25) is 0 Å². The second-order valence-electron chi connectivity index (χ2n) is 13.8. The minimum atomic E-state index is -0.865. The fourth-order valence-electron chi connectivity index (χ4n) is 6.28. The molecule has 314 valence electrons. The van der Waals surface area contributed by atoms with Crippen LogP contribution < -0.4 is 5.32 Å². The van der Waals surface area contributed by atoms with Crippen molar-refractivity contribution in [1.82, 2.24) is 5.32 Å². The van der Waals surface area contributed by atoms with Crippen LogP contribution in [0.4, 0.5) is 0 Å². The van der Waals surface area contributed by atoms with E-state index in [1.54, 1.807) is 19.1 Å². The van der Waals surface area contributed by atoms with Crippen LogP contribution in [0.25, 0.3) is 0 Å². The van der Waals surface area contributed by atoms with Crippen LogP contribution in [0.3, 0.4) is 0 Å². The Morgan fingerprint density at radius 2 is 1.00 bits per heavy atom. The maximum Gasteiger partial charge on any atom is 0.297 e. The highest BCUT2D eigenvalue weighted by Crippen LogP contribution is 2.39. The average Bonchev–Trinajstić information content (AvgIpc) is 3.28. The molecule has 5 heteroatoms. The molecule has 0 aromatic rings. The number of allylic oxidation sites excluding steroid dienone is 1. The Labute approximate surface area is 374 Å². The summed E-state index contributed by atoms with van der Waals surface area (Å²) in [5, 5.41) is 14.1. The Bertz CT molecular complexity index is 2280. The molecule has 1 saturated heterocycles. The van der Waals surface area contributed by atoms with Gasteiger partial charge in [-0.15, -0.1) is 26.3 Å². The summed E-state index contributed by atoms with van der Waals surface area (Å²) in [6, 6.07) is -0.742. The fourth-order valence-corrected chi connectivity index (χ4v) is 6.28. The van der Waals surface area contributed by atoms with E-state index in [9.17, 15) is 9.90 Å². The van der Waals surface area contributed by atoms with Crippen LogP contribution in [0.1, 0.15) is 104 Å². The number of carbonyl (C=O) groups excluding carboxylic acids is 1. The van der Waals surface area contributed by atoms with E-state index in [-0.39, 0.29) is 30.5 Å². The van der Waals surface area contributed by atoms with Gasteiger partial charge in [0.25, 0.3) is 5.91 Å². The molecule has 0 aliphatic carbocycles. The summed E-state index contributed by atoms with van der Waals surface area (Å²) in [7, 11) is 0. The van der Waals surface area contributed by atoms with Gasteiger partial charge in [0.1, 0.15) is 0 Å². The monoisotopic (exact) mass is 819 g/mol. The zero-order valence-electron chi connectivity index (χ0n) is 36.5. The Kier molecular flexibility index (Phi) is 32.7. The Hall–Kier alpha value is -6.97. The smallest absolute Gasteiger partial charge is 0.297 e. The predicted molar refractivity (Wildman–Crippen MR) is 253 cm³/mol. The average molecular weight is 820 g/mol. The first-order valence-corrected chi connectivity index (χ1v) is 21.1. The van der Waals surface area contributed by atoms with Gasteiger partial charge in [-0.25, -0.2) is 0 Å². The van der Waals surface area contributed by atoms with Gasteiger partial charge in [0.05, 0.1) is 24.9 Å². The second kappa shape index (κ2) is 38.2. The molecule has 1 aliphatic heterocycles. The number of carbonyl (C=O) groups is 1. The summed E-state index contributed by atoms with van der Waals surface area (Å²) < 4.78 is 12.7. The number of hydrogen-bond acceptors (Lipinski definition) is 4. The highest BCUT2D eigenvalue weighted by molar-refractivity contribution is 5.94. The van der Waals surface area contributed by atoms with Crippen molar-refractivity contribution in [1.29, 1.82) is 0 Å². The van der Waals surface area contributed by atoms with Crippen LogP contribution in [-0.4, -0.2) is 42.2 Å². The third kappa shape index (κ3) is 26.2. The number of ether oxygens (including phenoxy) is 2. The molecular weight excluding hydrogens is 763 g/mol. The van der Waals surface area contributed by atoms with Gasteiger partial charge in [-0.1, -0.05) is 114 Å². The van der Waals surface area contributed by atoms with Crippen molar-refractivity contribution in [3.8, 4) is 142 Å². The predicted octanol–water partition coefficient (Wildman–Crippen LogP) is 7.71. The number of rotatable bonds is 23. The van der Waals surface area contributed by atoms with Crippen LogP contribution in [0.15, 0.2) is 50.6 Å². The SMILES string of the molecule is C=CCC1O[C@H](OC[C@H](NC(=O)C#CC#CC#CC#CC#CC#CC#CC#CC#CC#CC#CC#CC)[C@H](O)CCCCCCCCCCCCCC)[C@@H](C=C)C(C=C)[C@H]1C=C. The molecule has 1 amide bonds. The summed E-state index contributed by atoms with van der Waals surface area (Å²) in [5.74, 6) is 59.8. The van der Waals surface area contributed by atoms with Gasteiger partial charge in [0, 0.05) is 53.3 Å². The molecule has 0 aromatic carbocycles. The summed E-state index contributed by atoms with van der Waals surface area (Å²) >= 11 is 0. The van der Waals surface area contributed by atoms with E-state index in [1.165, 1.54) is 57.8 Å². The lowest BCUT2D eigenvalue weighted by Gasteiger charge is -2.44. The van der Waals surface area contributed by atoms with Crippen molar-refractivity contribution in [2.75, 3.05) is 6.61 Å². The van der Waals surface area contributed by atoms with Crippen molar-refractivity contribution < 1.29 is 19.4 Å². The highest BCUT2D eigenvalue weighted by Gasteiger charge is 2.42. The van der Waals surface area contributed by atoms with Gasteiger partial charge < -0.3 is 19.9 Å². The molecule has 1 fully saturated rings. The van der Waals surface area contributed by atoms with E-state index in [2.05, 4.69) is 181 Å². The Balaban J connectivity index is 2.84. The summed E-state index contributed by atoms with van der Waals surface area (Å²) in [5.41, 5.74) is 0. The van der Waals surface area contributed by atoms with E-state index in [0.29, 0.717) is 12.8 Å². The van der Waals surface area contributed by atoms with Crippen molar-refractivity contribution in [3.63, 3.8) is 0 Å². The molecule has 62 heavy (non-hydrogen) atoms. The third-order valence-corrected chi connectivity index (χ3v) is 9.34. The van der Waals surface area contributed by atoms with Gasteiger partial charge in [-0.2, -0.15) is 0 Å². The van der Waals surface area contributed by atoms with Crippen molar-refractivity contribution in [2.24, 2.45) is 17.8 Å². The van der Waals surface area contributed by atoms with Crippen molar-refractivity contribution >= 4 is 5.91 Å². The molecule has 2 unspecified atom stereocenters. The number of aliphatic hydroxyl groups is 1. The molecule has 1 rings (SSSR count). The van der Waals surface area contributed by atoms with E-state index in [0.717, 1.165) is 19.3 Å². The number of unbranched alkanes of at least 4 members (excludes halogenated alkanes) is 11. The first-order valence-electron chi connectivity index (χ1n) is 21.1. The van der Waals surface area contributed by atoms with E-state index < -0.39 is 24.3 Å². The molecule has 5 nitrogen and oxygen atoms in total. The number of aliphatic hydroxyl groups excluding tert-OH is 1. The van der Waals surface area contributed by atoms with Gasteiger partial charge in [-0.05, 0) is 120 Å². The number of hydrogen-bond donors (Lipinski definition) is 2. The first-order chi connectivity index (χ1) is 30.5. The zero-order valence-corrected chi connectivity index (χ0v) is 36.5. The number of amides is 1. The van der Waals surface area contributed by atoms with Gasteiger partial charge >= 0.3 is 0 Å². The lowest BCUT2D eigenvalue weighted by molar-refractivity contribution is -0.236. The Morgan fingerprint density at radius 1 is 0.597 bits per heavy atom. The third-order valence-electron chi connectivity index (χ3n) is 9.34. The standard InChI is InChI=1S/C57H57NO4/c1-7-13-15-17-19-21-23-25-26-27-28-29-30-31-32-33-34-35-37-39-41-43-45-48-56(60)58-53(54(59)47-44-42-40-38-36-24-22-20-18-16-14-8-2)49-61-57-52(12-6)50(10-4)51(11-5)55(62-57)46-9-3/h9-12,50-55,57,59H,3-6,8,14,16,18,20,22,24,36,38,40,42,44,46-47,49H2,1-2H3,(H,58,60)/t50?,51-,52+,53+,54-,55?,57+/m1/s1. The van der Waals surface area contributed by atoms with Gasteiger partial charge in [-0.3, -0.25) is 4.79 Å². The molecule has 0 spiro atoms. The van der Waals surface area contributed by atoms with E-state index in [4.69, 9.17) is 9.47 Å². The van der Waals surface area contributed by atoms with Crippen LogP contribution in [0, 0.1) is 160 Å².